The van der Waals surface area contributed by atoms with Crippen molar-refractivity contribution in [1.29, 1.82) is 0 Å². The summed E-state index contributed by atoms with van der Waals surface area (Å²) >= 11 is 0. The monoisotopic (exact) mass is 1460 g/mol. The molecule has 0 fully saturated rings. The topological polar surface area (TPSA) is 133 Å². The standard InChI is InChI=1S/C96H83NO13/c98-84-46-48-97(49-47-84)58-80-50-85(105-68-81-52-87(99-59-71-28-10-1-11-29-71)94(107-65-77-40-22-7-23-41-77)88(53-81)100-60-72-30-12-2-13-31-72)93(110-70-83-56-91(103-63-75-36-18-5-19-37-75)96(109-67-79-44-26-9-27-45-79)92(57-83)104-64-76-38-20-6-21-39-76)86(51-80)106-69-82-54-89(101-61-73-32-14-3-15-33-73)95(108-66-78-42-24-8-25-43-78)90(55-82)102-62-74-34-16-4-17-35-74/h1-57H,58-70H2. The molecule has 0 saturated carbocycles. The maximum Gasteiger partial charge on any atom is 0.203 e. The molecule has 14 nitrogen and oxygen atoms in total. The predicted molar refractivity (Wildman–Crippen MR) is 426 cm³/mol. The average molecular weight is 1460 g/mol. The lowest BCUT2D eigenvalue weighted by Crippen LogP contribution is -2.09. The number of pyridine rings is 1. The Hall–Kier alpha value is -13.6. The minimum absolute atomic E-state index is 0.0310. The molecule has 110 heavy (non-hydrogen) atoms. The fourth-order valence-electron chi connectivity index (χ4n) is 12.1. The van der Waals surface area contributed by atoms with E-state index in [9.17, 15) is 4.79 Å². The summed E-state index contributed by atoms with van der Waals surface area (Å²) in [5.74, 6) is 4.89. The van der Waals surface area contributed by atoms with Crippen LogP contribution in [-0.2, 0) is 85.8 Å². The van der Waals surface area contributed by atoms with E-state index < -0.39 is 0 Å². The van der Waals surface area contributed by atoms with Gasteiger partial charge in [-0.25, -0.2) is 0 Å². The Morgan fingerprint density at radius 3 is 0.518 bits per heavy atom. The Labute approximate surface area is 641 Å². The lowest BCUT2D eigenvalue weighted by Gasteiger charge is -2.22. The summed E-state index contributed by atoms with van der Waals surface area (Å²) in [4.78, 5) is 12.7. The second kappa shape index (κ2) is 38.1. The highest BCUT2D eigenvalue weighted by atomic mass is 16.6. The Balaban J connectivity index is 0.890. The molecule has 0 N–H and O–H groups in total. The molecule has 14 rings (SSSR count). The highest BCUT2D eigenvalue weighted by Gasteiger charge is 2.25. The van der Waals surface area contributed by atoms with Gasteiger partial charge in [-0.05, 0) is 121 Å². The Bertz CT molecular complexity index is 4820. The molecule has 0 bridgehead atoms. The van der Waals surface area contributed by atoms with Crippen molar-refractivity contribution >= 4 is 0 Å². The highest BCUT2D eigenvalue weighted by molar-refractivity contribution is 5.59. The quantitative estimate of drug-likeness (QED) is 0.0364. The van der Waals surface area contributed by atoms with Crippen LogP contribution in [0.15, 0.2) is 351 Å². The molecule has 0 spiro atoms. The SMILES string of the molecule is O=c1ccn(Cc2cc(OCc3cc(OCc4ccccc4)c(OCc4ccccc4)c(OCc4ccccc4)c3)c(OCc3cc(OCc4ccccc4)c(OCc4ccccc4)c(OCc4ccccc4)c3)c(OCc3cc(OCc4ccccc4)c(OCc4ccccc4)c(OCc4ccccc4)c3)c2)cc1. The van der Waals surface area contributed by atoms with E-state index in [0.717, 1.165) is 55.6 Å². The molecule has 0 aliphatic rings. The molecule has 0 amide bonds. The second-order valence-electron chi connectivity index (χ2n) is 26.2. The average Bonchev–Trinajstić information content (AvgIpc) is 0.887. The van der Waals surface area contributed by atoms with Crippen molar-refractivity contribution < 1.29 is 56.8 Å². The number of benzene rings is 13. The van der Waals surface area contributed by atoms with Crippen LogP contribution in [0.3, 0.4) is 0 Å². The van der Waals surface area contributed by atoms with E-state index in [1.54, 1.807) is 12.4 Å². The van der Waals surface area contributed by atoms with Gasteiger partial charge < -0.3 is 61.4 Å². The summed E-state index contributed by atoms with van der Waals surface area (Å²) in [6, 6.07) is 108. The fraction of sp³-hybridized carbons (Fsp3) is 0.135. The van der Waals surface area contributed by atoms with Crippen molar-refractivity contribution in [2.75, 3.05) is 0 Å². The van der Waals surface area contributed by atoms with E-state index in [1.165, 1.54) is 12.1 Å². The smallest absolute Gasteiger partial charge is 0.203 e. The first-order valence-electron chi connectivity index (χ1n) is 36.6. The van der Waals surface area contributed by atoms with E-state index >= 15 is 0 Å². The molecule has 0 aliphatic carbocycles. The normalized spacial score (nSPS) is 10.9. The van der Waals surface area contributed by atoms with Crippen molar-refractivity contribution in [1.82, 2.24) is 4.57 Å². The van der Waals surface area contributed by atoms with E-state index in [-0.39, 0.29) is 90.5 Å². The first kappa shape index (κ1) is 73.3. The van der Waals surface area contributed by atoms with Gasteiger partial charge >= 0.3 is 0 Å². The van der Waals surface area contributed by atoms with Crippen LogP contribution in [0.2, 0.25) is 0 Å². The summed E-state index contributed by atoms with van der Waals surface area (Å²) in [5, 5.41) is 0. The van der Waals surface area contributed by atoms with Crippen LogP contribution < -0.4 is 62.3 Å². The zero-order valence-corrected chi connectivity index (χ0v) is 60.9. The summed E-state index contributed by atoms with van der Waals surface area (Å²) in [5.41, 5.74) is 11.3. The molecule has 0 unspecified atom stereocenters. The molecule has 14 heteroatoms. The largest absolute Gasteiger partial charge is 0.485 e. The summed E-state index contributed by atoms with van der Waals surface area (Å²) in [6.45, 7) is 2.31. The van der Waals surface area contributed by atoms with Gasteiger partial charge in [0.15, 0.2) is 51.4 Å². The van der Waals surface area contributed by atoms with Gasteiger partial charge in [-0.3, -0.25) is 4.79 Å². The van der Waals surface area contributed by atoms with E-state index in [4.69, 9.17) is 56.8 Å². The van der Waals surface area contributed by atoms with E-state index in [1.807, 2.05) is 326 Å². The first-order valence-corrected chi connectivity index (χ1v) is 36.6. The molecule has 0 radical (unpaired) electrons. The van der Waals surface area contributed by atoms with Crippen LogP contribution in [0, 0.1) is 0 Å². The van der Waals surface area contributed by atoms with Crippen molar-refractivity contribution in [3.8, 4) is 69.0 Å². The number of rotatable bonds is 38. The maximum atomic E-state index is 12.7. The third-order valence-corrected chi connectivity index (χ3v) is 17.8. The van der Waals surface area contributed by atoms with Gasteiger partial charge in [-0.2, -0.15) is 0 Å². The fourth-order valence-corrected chi connectivity index (χ4v) is 12.1. The number of hydrogen-bond acceptors (Lipinski definition) is 13. The molecule has 0 aliphatic heterocycles. The van der Waals surface area contributed by atoms with Crippen LogP contribution >= 0.6 is 0 Å². The third kappa shape index (κ3) is 21.4. The Kier molecular flexibility index (Phi) is 25.4. The zero-order valence-electron chi connectivity index (χ0n) is 60.9. The molecule has 0 saturated heterocycles. The number of hydrogen-bond donors (Lipinski definition) is 0. The second-order valence-corrected chi connectivity index (χ2v) is 26.2. The number of ether oxygens (including phenoxy) is 12. The number of nitrogens with zero attached hydrogens (tertiary/aromatic N) is 1. The van der Waals surface area contributed by atoms with E-state index in [2.05, 4.69) is 0 Å². The minimum atomic E-state index is -0.123. The van der Waals surface area contributed by atoms with Crippen LogP contribution in [0.4, 0.5) is 0 Å². The summed E-state index contributed by atoms with van der Waals surface area (Å²) < 4.78 is 84.8. The summed E-state index contributed by atoms with van der Waals surface area (Å²) in [7, 11) is 0. The predicted octanol–water partition coefficient (Wildman–Crippen LogP) is 20.8. The Morgan fingerprint density at radius 1 is 0.173 bits per heavy atom. The van der Waals surface area contributed by atoms with Gasteiger partial charge in [-0.15, -0.1) is 0 Å². The van der Waals surface area contributed by atoms with Crippen LogP contribution in [0.1, 0.15) is 72.3 Å². The third-order valence-electron chi connectivity index (χ3n) is 17.8. The van der Waals surface area contributed by atoms with Crippen molar-refractivity contribution in [2.45, 2.75) is 85.8 Å². The Morgan fingerprint density at radius 2 is 0.327 bits per heavy atom. The van der Waals surface area contributed by atoms with Crippen molar-refractivity contribution in [3.05, 3.63) is 429 Å². The van der Waals surface area contributed by atoms with Gasteiger partial charge in [0.05, 0.1) is 0 Å². The van der Waals surface area contributed by atoms with Gasteiger partial charge in [-0.1, -0.05) is 273 Å². The molecule has 1 heterocycles. The van der Waals surface area contributed by atoms with E-state index in [0.29, 0.717) is 86.5 Å². The lowest BCUT2D eigenvalue weighted by atomic mass is 10.1. The number of aromatic nitrogens is 1. The molecule has 1 aromatic heterocycles. The zero-order chi connectivity index (χ0) is 74.6. The summed E-state index contributed by atoms with van der Waals surface area (Å²) in [6.07, 6.45) is 3.50. The van der Waals surface area contributed by atoms with Gasteiger partial charge in [0.1, 0.15) is 79.3 Å². The van der Waals surface area contributed by atoms with Crippen LogP contribution in [0.25, 0.3) is 0 Å². The van der Waals surface area contributed by atoms with Gasteiger partial charge in [0, 0.05) is 31.1 Å². The molecule has 550 valence electrons. The van der Waals surface area contributed by atoms with Crippen LogP contribution in [-0.4, -0.2) is 4.57 Å². The molecular weight excluding hydrogens is 1380 g/mol. The maximum absolute atomic E-state index is 12.7. The molecular formula is C96H83NO13. The van der Waals surface area contributed by atoms with Crippen molar-refractivity contribution in [3.63, 3.8) is 0 Å². The molecule has 13 aromatic carbocycles. The molecule has 0 atom stereocenters. The first-order chi connectivity index (χ1) is 54.4. The van der Waals surface area contributed by atoms with Gasteiger partial charge in [0.2, 0.25) is 23.0 Å². The molecule has 14 aromatic rings. The minimum Gasteiger partial charge on any atom is -0.485 e. The highest BCUT2D eigenvalue weighted by Crippen LogP contribution is 2.47. The lowest BCUT2D eigenvalue weighted by molar-refractivity contribution is 0.218. The van der Waals surface area contributed by atoms with Gasteiger partial charge in [0.25, 0.3) is 0 Å². The van der Waals surface area contributed by atoms with Crippen molar-refractivity contribution in [2.24, 2.45) is 0 Å². The van der Waals surface area contributed by atoms with Crippen LogP contribution in [0.5, 0.6) is 69.0 Å².